The Labute approximate surface area is 163 Å². The molecule has 1 aliphatic rings. The molecule has 0 unspecified atom stereocenters. The zero-order valence-corrected chi connectivity index (χ0v) is 15.2. The van der Waals surface area contributed by atoms with Crippen LogP contribution >= 0.6 is 0 Å². The van der Waals surface area contributed by atoms with Crippen molar-refractivity contribution in [2.45, 2.75) is 18.9 Å². The van der Waals surface area contributed by atoms with Crippen LogP contribution in [0.3, 0.4) is 0 Å². The molecule has 4 N–H and O–H groups in total. The lowest BCUT2D eigenvalue weighted by molar-refractivity contribution is 0.425. The summed E-state index contributed by atoms with van der Waals surface area (Å²) in [6.45, 7) is 0. The monoisotopic (exact) mass is 392 g/mol. The quantitative estimate of drug-likeness (QED) is 0.424. The van der Waals surface area contributed by atoms with E-state index in [-0.39, 0.29) is 23.6 Å². The molecule has 5 rings (SSSR count). The fraction of sp³-hybridized carbons (Fsp3) is 0.150. The summed E-state index contributed by atoms with van der Waals surface area (Å²) in [5.41, 5.74) is 2.13. The van der Waals surface area contributed by atoms with Crippen LogP contribution in [0.4, 0.5) is 15.9 Å². The van der Waals surface area contributed by atoms with Crippen molar-refractivity contribution in [3.05, 3.63) is 64.7 Å². The van der Waals surface area contributed by atoms with Gasteiger partial charge >= 0.3 is 0 Å². The second kappa shape index (κ2) is 6.62. The molecule has 3 heterocycles. The lowest BCUT2D eigenvalue weighted by Gasteiger charge is -2.06. The van der Waals surface area contributed by atoms with Crippen LogP contribution in [0.25, 0.3) is 11.7 Å². The van der Waals surface area contributed by atoms with E-state index in [2.05, 4.69) is 20.4 Å². The third kappa shape index (κ3) is 3.49. The summed E-state index contributed by atoms with van der Waals surface area (Å²) in [7, 11) is 0. The van der Waals surface area contributed by atoms with Gasteiger partial charge in [0, 0.05) is 28.6 Å². The standard InChI is InChI=1S/C20H17FN6O2/c21-13-2-1-3-15(8-13)23-16-9-17(24-14-4-5-14)27-19(25-16)12(10-22-27)6-11-7-18(28)26-20(11)29/h1-3,6-10,14,23,26,28-29H,4-5H2. The minimum absolute atomic E-state index is 0.143. The number of hydrogen-bond acceptors (Lipinski definition) is 6. The normalized spacial score (nSPS) is 15.3. The lowest BCUT2D eigenvalue weighted by Crippen LogP contribution is -2.19. The van der Waals surface area contributed by atoms with Gasteiger partial charge in [0.2, 0.25) is 0 Å². The van der Waals surface area contributed by atoms with Crippen molar-refractivity contribution in [3.8, 4) is 11.8 Å². The molecule has 9 heteroatoms. The van der Waals surface area contributed by atoms with E-state index in [1.165, 1.54) is 18.2 Å². The van der Waals surface area contributed by atoms with E-state index in [0.29, 0.717) is 33.4 Å². The van der Waals surface area contributed by atoms with Gasteiger partial charge in [-0.25, -0.2) is 9.37 Å². The maximum atomic E-state index is 13.5. The highest BCUT2D eigenvalue weighted by molar-refractivity contribution is 5.63. The van der Waals surface area contributed by atoms with Gasteiger partial charge in [0.25, 0.3) is 0 Å². The van der Waals surface area contributed by atoms with Crippen molar-refractivity contribution < 1.29 is 14.6 Å². The average molecular weight is 392 g/mol. The van der Waals surface area contributed by atoms with Crippen molar-refractivity contribution in [1.82, 2.24) is 19.6 Å². The predicted octanol–water partition coefficient (Wildman–Crippen LogP) is 1.96. The molecule has 0 radical (unpaired) electrons. The van der Waals surface area contributed by atoms with Gasteiger partial charge in [-0.05, 0) is 37.1 Å². The van der Waals surface area contributed by atoms with E-state index in [4.69, 9.17) is 4.99 Å². The summed E-state index contributed by atoms with van der Waals surface area (Å²) in [4.78, 5) is 11.7. The van der Waals surface area contributed by atoms with E-state index in [9.17, 15) is 14.6 Å². The van der Waals surface area contributed by atoms with Crippen LogP contribution in [-0.2, 0) is 0 Å². The summed E-state index contributed by atoms with van der Waals surface area (Å²) in [5, 5.41) is 27.5. The number of nitrogens with one attached hydrogen (secondary N) is 2. The molecule has 0 spiro atoms. The molecule has 1 aromatic carbocycles. The van der Waals surface area contributed by atoms with Gasteiger partial charge in [-0.2, -0.15) is 9.61 Å². The molecule has 1 fully saturated rings. The zero-order chi connectivity index (χ0) is 20.0. The summed E-state index contributed by atoms with van der Waals surface area (Å²) in [6, 6.07) is 9.56. The number of anilines is 2. The van der Waals surface area contributed by atoms with Gasteiger partial charge < -0.3 is 15.5 Å². The largest absolute Gasteiger partial charge is 0.494 e. The Morgan fingerprint density at radius 1 is 1.24 bits per heavy atom. The number of halogens is 1. The highest BCUT2D eigenvalue weighted by Crippen LogP contribution is 2.23. The molecule has 0 atom stereocenters. The number of aromatic hydroxyl groups is 2. The van der Waals surface area contributed by atoms with Crippen LogP contribution in [0.1, 0.15) is 18.4 Å². The number of aromatic nitrogens is 4. The molecule has 0 aliphatic heterocycles. The Morgan fingerprint density at radius 2 is 2.10 bits per heavy atom. The number of rotatable bonds is 4. The van der Waals surface area contributed by atoms with Crippen LogP contribution in [0.2, 0.25) is 0 Å². The van der Waals surface area contributed by atoms with Crippen molar-refractivity contribution in [2.75, 3.05) is 5.32 Å². The van der Waals surface area contributed by atoms with Crippen LogP contribution in [0, 0.1) is 5.82 Å². The lowest BCUT2D eigenvalue weighted by atomic mass is 10.2. The highest BCUT2D eigenvalue weighted by Gasteiger charge is 2.20. The van der Waals surface area contributed by atoms with E-state index < -0.39 is 0 Å². The number of nitrogens with zero attached hydrogens (tertiary/aromatic N) is 4. The number of aromatic amines is 1. The fourth-order valence-corrected chi connectivity index (χ4v) is 3.05. The molecule has 29 heavy (non-hydrogen) atoms. The molecule has 4 aromatic rings. The van der Waals surface area contributed by atoms with E-state index in [1.807, 2.05) is 0 Å². The van der Waals surface area contributed by atoms with Gasteiger partial charge in [-0.3, -0.25) is 9.98 Å². The average Bonchev–Trinajstić information content (AvgIpc) is 3.31. The summed E-state index contributed by atoms with van der Waals surface area (Å²) < 4.78 is 15.2. The molecule has 146 valence electrons. The van der Waals surface area contributed by atoms with Crippen molar-refractivity contribution in [1.29, 1.82) is 0 Å². The van der Waals surface area contributed by atoms with Gasteiger partial charge in [0.1, 0.15) is 11.6 Å². The van der Waals surface area contributed by atoms with Gasteiger partial charge in [0.15, 0.2) is 22.9 Å². The van der Waals surface area contributed by atoms with Crippen LogP contribution in [0.15, 0.2) is 47.6 Å². The van der Waals surface area contributed by atoms with Gasteiger partial charge in [0.05, 0.1) is 12.2 Å². The number of benzene rings is 1. The Hall–Kier alpha value is -3.88. The van der Waals surface area contributed by atoms with Crippen LogP contribution in [-0.4, -0.2) is 35.8 Å². The molecule has 3 aromatic heterocycles. The molecule has 0 saturated heterocycles. The van der Waals surface area contributed by atoms with E-state index in [1.54, 1.807) is 35.0 Å². The maximum Gasteiger partial charge on any atom is 0.198 e. The molecule has 1 aliphatic carbocycles. The van der Waals surface area contributed by atoms with Crippen molar-refractivity contribution >= 4 is 23.2 Å². The first-order valence-corrected chi connectivity index (χ1v) is 9.13. The molecule has 8 nitrogen and oxygen atoms in total. The topological polar surface area (TPSA) is 111 Å². The maximum absolute atomic E-state index is 13.5. The predicted molar refractivity (Wildman–Crippen MR) is 104 cm³/mol. The molecule has 0 amide bonds. The highest BCUT2D eigenvalue weighted by atomic mass is 19.1. The van der Waals surface area contributed by atoms with Gasteiger partial charge in [-0.1, -0.05) is 6.07 Å². The third-order valence-corrected chi connectivity index (χ3v) is 4.56. The van der Waals surface area contributed by atoms with E-state index >= 15 is 0 Å². The summed E-state index contributed by atoms with van der Waals surface area (Å²) in [6.07, 6.45) is 5.35. The Balaban J connectivity index is 1.67. The van der Waals surface area contributed by atoms with Crippen molar-refractivity contribution in [3.63, 3.8) is 0 Å². The van der Waals surface area contributed by atoms with Crippen molar-refractivity contribution in [2.24, 2.45) is 4.99 Å². The summed E-state index contributed by atoms with van der Waals surface area (Å²) >= 11 is 0. The Bertz CT molecular complexity index is 1340. The Morgan fingerprint density at radius 3 is 2.83 bits per heavy atom. The van der Waals surface area contributed by atoms with E-state index in [0.717, 1.165) is 12.8 Å². The van der Waals surface area contributed by atoms with Gasteiger partial charge in [-0.15, -0.1) is 0 Å². The first kappa shape index (κ1) is 17.2. The Kier molecular flexibility index (Phi) is 3.94. The third-order valence-electron chi connectivity index (χ3n) is 4.56. The number of hydrogen-bond donors (Lipinski definition) is 4. The zero-order valence-electron chi connectivity index (χ0n) is 15.2. The summed E-state index contributed by atoms with van der Waals surface area (Å²) in [5.74, 6) is -0.145. The minimum Gasteiger partial charge on any atom is -0.494 e. The smallest absolute Gasteiger partial charge is 0.198 e. The van der Waals surface area contributed by atoms with Crippen LogP contribution < -0.4 is 16.0 Å². The first-order chi connectivity index (χ1) is 14.0. The molecule has 0 bridgehead atoms. The number of H-pyrrole nitrogens is 1. The number of fused-ring (bicyclic) bond motifs is 1. The SMILES string of the molecule is Oc1cc(C=c2cnn3c(=NC4CC4)cc(Nc4cccc(F)c4)nc23)c(O)[nH]1. The minimum atomic E-state index is -0.347. The molecular formula is C20H17FN6O2. The second-order valence-corrected chi connectivity index (χ2v) is 6.93. The second-order valence-electron chi connectivity index (χ2n) is 6.93. The fourth-order valence-electron chi connectivity index (χ4n) is 3.05. The molecule has 1 saturated carbocycles. The molecular weight excluding hydrogens is 375 g/mol. The first-order valence-electron chi connectivity index (χ1n) is 9.13. The van der Waals surface area contributed by atoms with Crippen LogP contribution in [0.5, 0.6) is 11.8 Å².